The first-order valence-corrected chi connectivity index (χ1v) is 8.95. The standard InChI is InChI=1S/C19H27N5O/c1-6-13(7-2)21-18-19(25-5)23-17-14-11-20-16(24(3)4)10-12(14)8-9-15(17)22-18/h10-11,13H,6-9H2,1-5H3,(H,21,22). The van der Waals surface area contributed by atoms with Crippen LogP contribution in [0.2, 0.25) is 0 Å². The maximum Gasteiger partial charge on any atom is 0.257 e. The van der Waals surface area contributed by atoms with Gasteiger partial charge in [-0.05, 0) is 37.3 Å². The van der Waals surface area contributed by atoms with Crippen molar-refractivity contribution in [2.75, 3.05) is 31.4 Å². The van der Waals surface area contributed by atoms with E-state index in [0.29, 0.717) is 11.9 Å². The normalized spacial score (nSPS) is 12.6. The molecule has 6 nitrogen and oxygen atoms in total. The lowest BCUT2D eigenvalue weighted by molar-refractivity contribution is 0.397. The first-order chi connectivity index (χ1) is 12.1. The van der Waals surface area contributed by atoms with Gasteiger partial charge in [-0.15, -0.1) is 0 Å². The summed E-state index contributed by atoms with van der Waals surface area (Å²) in [5.74, 6) is 2.26. The highest BCUT2D eigenvalue weighted by Gasteiger charge is 2.23. The molecule has 0 fully saturated rings. The number of ether oxygens (including phenoxy) is 1. The van der Waals surface area contributed by atoms with Gasteiger partial charge in [0.2, 0.25) is 0 Å². The summed E-state index contributed by atoms with van der Waals surface area (Å²) in [6.07, 6.45) is 5.83. The van der Waals surface area contributed by atoms with Gasteiger partial charge in [0.25, 0.3) is 5.88 Å². The second kappa shape index (κ2) is 7.25. The van der Waals surface area contributed by atoms with Crippen molar-refractivity contribution in [1.29, 1.82) is 0 Å². The predicted octanol–water partition coefficient (Wildman–Crippen LogP) is 3.31. The Kier molecular flexibility index (Phi) is 5.06. The summed E-state index contributed by atoms with van der Waals surface area (Å²) in [7, 11) is 5.65. The molecule has 0 aliphatic heterocycles. The minimum Gasteiger partial charge on any atom is -0.478 e. The lowest BCUT2D eigenvalue weighted by atomic mass is 9.93. The van der Waals surface area contributed by atoms with E-state index in [1.807, 2.05) is 25.2 Å². The van der Waals surface area contributed by atoms with E-state index < -0.39 is 0 Å². The molecular weight excluding hydrogens is 314 g/mol. The summed E-state index contributed by atoms with van der Waals surface area (Å²) in [4.78, 5) is 16.2. The van der Waals surface area contributed by atoms with Crippen LogP contribution in [-0.4, -0.2) is 42.2 Å². The SMILES string of the molecule is CCC(CC)Nc1nc2c(nc1OC)-c1cnc(N(C)C)cc1CC2. The average Bonchev–Trinajstić information content (AvgIpc) is 2.64. The number of anilines is 2. The Morgan fingerprint density at radius 3 is 2.60 bits per heavy atom. The van der Waals surface area contributed by atoms with Crippen LogP contribution in [0.1, 0.15) is 37.9 Å². The van der Waals surface area contributed by atoms with Gasteiger partial charge in [0.15, 0.2) is 5.82 Å². The minimum atomic E-state index is 0.376. The van der Waals surface area contributed by atoms with Crippen LogP contribution in [0.3, 0.4) is 0 Å². The molecule has 3 rings (SSSR count). The molecule has 0 saturated heterocycles. The topological polar surface area (TPSA) is 63.2 Å². The van der Waals surface area contributed by atoms with Crippen molar-refractivity contribution in [2.45, 2.75) is 45.6 Å². The van der Waals surface area contributed by atoms with E-state index in [1.165, 1.54) is 5.56 Å². The Hall–Kier alpha value is -2.37. The Balaban J connectivity index is 2.02. The molecule has 1 aliphatic rings. The summed E-state index contributed by atoms with van der Waals surface area (Å²) >= 11 is 0. The number of fused-ring (bicyclic) bond motifs is 3. The number of nitrogens with one attached hydrogen (secondary N) is 1. The average molecular weight is 341 g/mol. The van der Waals surface area contributed by atoms with Crippen LogP contribution in [0.25, 0.3) is 11.3 Å². The zero-order valence-electron chi connectivity index (χ0n) is 15.8. The van der Waals surface area contributed by atoms with E-state index >= 15 is 0 Å². The molecule has 0 saturated carbocycles. The highest BCUT2D eigenvalue weighted by Crippen LogP contribution is 2.35. The molecule has 2 heterocycles. The highest BCUT2D eigenvalue weighted by molar-refractivity contribution is 5.71. The number of aryl methyl sites for hydroxylation is 2. The number of hydrogen-bond acceptors (Lipinski definition) is 6. The molecule has 0 atom stereocenters. The van der Waals surface area contributed by atoms with E-state index in [1.54, 1.807) is 7.11 Å². The van der Waals surface area contributed by atoms with Gasteiger partial charge >= 0.3 is 0 Å². The molecule has 0 aromatic carbocycles. The number of methoxy groups -OCH3 is 1. The van der Waals surface area contributed by atoms with Gasteiger partial charge in [-0.25, -0.2) is 15.0 Å². The van der Waals surface area contributed by atoms with E-state index in [4.69, 9.17) is 14.7 Å². The van der Waals surface area contributed by atoms with Crippen molar-refractivity contribution in [3.63, 3.8) is 0 Å². The maximum absolute atomic E-state index is 5.51. The molecule has 0 spiro atoms. The van der Waals surface area contributed by atoms with Crippen LogP contribution >= 0.6 is 0 Å². The molecule has 2 aromatic heterocycles. The Labute approximate surface area is 149 Å². The van der Waals surface area contributed by atoms with Gasteiger partial charge in [0.1, 0.15) is 5.82 Å². The Bertz CT molecular complexity index is 756. The summed E-state index contributed by atoms with van der Waals surface area (Å²) in [5.41, 5.74) is 4.24. The van der Waals surface area contributed by atoms with E-state index in [2.05, 4.69) is 30.2 Å². The van der Waals surface area contributed by atoms with Gasteiger partial charge in [-0.1, -0.05) is 13.8 Å². The van der Waals surface area contributed by atoms with Crippen LogP contribution in [0, 0.1) is 0 Å². The maximum atomic E-state index is 5.51. The van der Waals surface area contributed by atoms with Crippen LogP contribution in [0.4, 0.5) is 11.6 Å². The lowest BCUT2D eigenvalue weighted by Gasteiger charge is -2.23. The predicted molar refractivity (Wildman–Crippen MR) is 102 cm³/mol. The molecule has 0 unspecified atom stereocenters. The third kappa shape index (κ3) is 3.38. The second-order valence-electron chi connectivity index (χ2n) is 6.63. The summed E-state index contributed by atoms with van der Waals surface area (Å²) < 4.78 is 5.51. The summed E-state index contributed by atoms with van der Waals surface area (Å²) in [6, 6.07) is 2.52. The van der Waals surface area contributed by atoms with Gasteiger partial charge < -0.3 is 15.0 Å². The van der Waals surface area contributed by atoms with Crippen LogP contribution in [-0.2, 0) is 12.8 Å². The van der Waals surface area contributed by atoms with Gasteiger partial charge in [0.05, 0.1) is 18.5 Å². The van der Waals surface area contributed by atoms with E-state index in [-0.39, 0.29) is 0 Å². The molecular formula is C19H27N5O. The Morgan fingerprint density at radius 2 is 1.96 bits per heavy atom. The largest absolute Gasteiger partial charge is 0.478 e. The van der Waals surface area contributed by atoms with Crippen molar-refractivity contribution < 1.29 is 4.74 Å². The van der Waals surface area contributed by atoms with Crippen molar-refractivity contribution in [3.05, 3.63) is 23.5 Å². The number of aromatic nitrogens is 3. The van der Waals surface area contributed by atoms with Gasteiger partial charge in [-0.2, -0.15) is 0 Å². The first-order valence-electron chi connectivity index (χ1n) is 8.95. The number of nitrogens with zero attached hydrogens (tertiary/aromatic N) is 4. The molecule has 0 bridgehead atoms. The van der Waals surface area contributed by atoms with E-state index in [9.17, 15) is 0 Å². The van der Waals surface area contributed by atoms with Crippen molar-refractivity contribution in [1.82, 2.24) is 15.0 Å². The van der Waals surface area contributed by atoms with Crippen molar-refractivity contribution in [2.24, 2.45) is 0 Å². The molecule has 2 aromatic rings. The fourth-order valence-corrected chi connectivity index (χ4v) is 3.17. The number of rotatable bonds is 6. The van der Waals surface area contributed by atoms with Gasteiger partial charge in [-0.3, -0.25) is 0 Å². The third-order valence-corrected chi connectivity index (χ3v) is 4.78. The monoisotopic (exact) mass is 341 g/mol. The zero-order valence-corrected chi connectivity index (χ0v) is 15.8. The minimum absolute atomic E-state index is 0.376. The fraction of sp³-hybridized carbons (Fsp3) is 0.526. The molecule has 0 amide bonds. The first kappa shape index (κ1) is 17.5. The molecule has 1 N–H and O–H groups in total. The molecule has 6 heteroatoms. The van der Waals surface area contributed by atoms with Crippen molar-refractivity contribution in [3.8, 4) is 17.1 Å². The smallest absolute Gasteiger partial charge is 0.257 e. The highest BCUT2D eigenvalue weighted by atomic mass is 16.5. The molecule has 0 radical (unpaired) electrons. The number of hydrogen-bond donors (Lipinski definition) is 1. The lowest BCUT2D eigenvalue weighted by Crippen LogP contribution is -2.20. The second-order valence-corrected chi connectivity index (χ2v) is 6.63. The van der Waals surface area contributed by atoms with Gasteiger partial charge in [0, 0.05) is 31.9 Å². The number of pyridine rings is 1. The molecule has 1 aliphatic carbocycles. The third-order valence-electron chi connectivity index (χ3n) is 4.78. The van der Waals surface area contributed by atoms with E-state index in [0.717, 1.165) is 54.3 Å². The van der Waals surface area contributed by atoms with Crippen molar-refractivity contribution >= 4 is 11.6 Å². The fourth-order valence-electron chi connectivity index (χ4n) is 3.17. The summed E-state index contributed by atoms with van der Waals surface area (Å²) in [5, 5.41) is 3.48. The summed E-state index contributed by atoms with van der Waals surface area (Å²) in [6.45, 7) is 4.34. The zero-order chi connectivity index (χ0) is 18.0. The van der Waals surface area contributed by atoms with Crippen LogP contribution in [0.5, 0.6) is 5.88 Å². The Morgan fingerprint density at radius 1 is 1.20 bits per heavy atom. The molecule has 25 heavy (non-hydrogen) atoms. The van der Waals surface area contributed by atoms with Crippen LogP contribution < -0.4 is 15.0 Å². The quantitative estimate of drug-likeness (QED) is 0.870. The van der Waals surface area contributed by atoms with Crippen LogP contribution in [0.15, 0.2) is 12.3 Å². The molecule has 134 valence electrons.